The lowest BCUT2D eigenvalue weighted by molar-refractivity contribution is 0.256. The molecule has 3 rings (SSSR count). The van der Waals surface area contributed by atoms with E-state index in [2.05, 4.69) is 20.3 Å². The van der Waals surface area contributed by atoms with E-state index in [1.807, 2.05) is 4.72 Å². The molecule has 0 aromatic carbocycles. The van der Waals surface area contributed by atoms with E-state index in [0.29, 0.717) is 5.52 Å². The summed E-state index contributed by atoms with van der Waals surface area (Å²) in [7, 11) is -1.46. The highest BCUT2D eigenvalue weighted by molar-refractivity contribution is 7.90. The summed E-state index contributed by atoms with van der Waals surface area (Å²) >= 11 is 0. The molecule has 2 amide bonds. The largest absolute Gasteiger partial charge is 0.481 e. The van der Waals surface area contributed by atoms with Crippen LogP contribution in [0.3, 0.4) is 0 Å². The van der Waals surface area contributed by atoms with Crippen LogP contribution in [-0.4, -0.2) is 48.0 Å². The second-order valence-electron chi connectivity index (χ2n) is 4.88. The predicted octanol–water partition coefficient (Wildman–Crippen LogP) is 0.652. The van der Waals surface area contributed by atoms with Crippen molar-refractivity contribution in [3.8, 4) is 11.8 Å². The molecule has 3 heterocycles. The Hall–Kier alpha value is -3.41. The van der Waals surface area contributed by atoms with Crippen LogP contribution >= 0.6 is 0 Å². The standard InChI is InChI=1S/C14H14N6O5S/c1-24-10-7-11(25-2)17-13(16-10)18-14(21)19-26(22,23)12-9-5-3-4-6-20(9)8-15-12/h3-8H,1-2H3,(H2,16,17,18,19,21). The molecule has 0 bridgehead atoms. The van der Waals surface area contributed by atoms with Crippen molar-refractivity contribution in [1.29, 1.82) is 0 Å². The maximum absolute atomic E-state index is 12.4. The summed E-state index contributed by atoms with van der Waals surface area (Å²) in [5.74, 6) is 0.0776. The topological polar surface area (TPSA) is 137 Å². The van der Waals surface area contributed by atoms with Gasteiger partial charge in [0.1, 0.15) is 6.33 Å². The molecule has 0 atom stereocenters. The molecule has 2 N–H and O–H groups in total. The van der Waals surface area contributed by atoms with Gasteiger partial charge in [0.05, 0.1) is 25.8 Å². The number of nitrogens with zero attached hydrogens (tertiary/aromatic N) is 4. The fraction of sp³-hybridized carbons (Fsp3) is 0.143. The van der Waals surface area contributed by atoms with Crippen molar-refractivity contribution in [2.75, 3.05) is 19.5 Å². The summed E-state index contributed by atoms with van der Waals surface area (Å²) in [4.78, 5) is 23.7. The van der Waals surface area contributed by atoms with Gasteiger partial charge < -0.3 is 13.9 Å². The molecule has 0 unspecified atom stereocenters. The van der Waals surface area contributed by atoms with E-state index in [4.69, 9.17) is 9.47 Å². The number of carbonyl (C=O) groups is 1. The third kappa shape index (κ3) is 3.49. The number of hydrogen-bond donors (Lipinski definition) is 2. The van der Waals surface area contributed by atoms with Crippen LogP contribution in [0.5, 0.6) is 11.8 Å². The Bertz CT molecular complexity index is 1040. The molecule has 0 saturated heterocycles. The molecule has 136 valence electrons. The Kier molecular flexibility index (Phi) is 4.58. The summed E-state index contributed by atoms with van der Waals surface area (Å²) in [6.45, 7) is 0. The Morgan fingerprint density at radius 3 is 2.50 bits per heavy atom. The average molecular weight is 378 g/mol. The van der Waals surface area contributed by atoms with Crippen molar-refractivity contribution in [2.45, 2.75) is 5.03 Å². The number of carbonyl (C=O) groups excluding carboxylic acids is 1. The number of imidazole rings is 1. The first-order chi connectivity index (χ1) is 12.4. The molecule has 0 fully saturated rings. The molecule has 3 aromatic rings. The zero-order valence-electron chi connectivity index (χ0n) is 13.7. The second kappa shape index (κ2) is 6.84. The highest BCUT2D eigenvalue weighted by Crippen LogP contribution is 2.18. The van der Waals surface area contributed by atoms with Gasteiger partial charge in [0.15, 0.2) is 0 Å². The van der Waals surface area contributed by atoms with E-state index in [1.165, 1.54) is 31.0 Å². The molecule has 26 heavy (non-hydrogen) atoms. The number of aromatic nitrogens is 4. The lowest BCUT2D eigenvalue weighted by Gasteiger charge is -2.08. The van der Waals surface area contributed by atoms with E-state index in [0.717, 1.165) is 0 Å². The van der Waals surface area contributed by atoms with Gasteiger partial charge >= 0.3 is 6.03 Å². The van der Waals surface area contributed by atoms with Gasteiger partial charge in [0.2, 0.25) is 22.7 Å². The van der Waals surface area contributed by atoms with Crippen LogP contribution in [-0.2, 0) is 10.0 Å². The van der Waals surface area contributed by atoms with Crippen molar-refractivity contribution in [1.82, 2.24) is 24.1 Å². The number of rotatable bonds is 5. The van der Waals surface area contributed by atoms with Crippen LogP contribution in [0.2, 0.25) is 0 Å². The number of hydrogen-bond acceptors (Lipinski definition) is 8. The average Bonchev–Trinajstić information content (AvgIpc) is 3.05. The predicted molar refractivity (Wildman–Crippen MR) is 89.7 cm³/mol. The fourth-order valence-corrected chi connectivity index (χ4v) is 3.12. The van der Waals surface area contributed by atoms with Crippen molar-refractivity contribution in [2.24, 2.45) is 0 Å². The molecule has 0 spiro atoms. The molecular weight excluding hydrogens is 364 g/mol. The van der Waals surface area contributed by atoms with Crippen LogP contribution in [0, 0.1) is 0 Å². The minimum absolute atomic E-state index is 0.134. The third-order valence-electron chi connectivity index (χ3n) is 3.21. The number of anilines is 1. The molecule has 11 nitrogen and oxygen atoms in total. The maximum Gasteiger partial charge on any atom is 0.335 e. The van der Waals surface area contributed by atoms with Crippen molar-refractivity contribution < 1.29 is 22.7 Å². The zero-order chi connectivity index (χ0) is 18.7. The number of methoxy groups -OCH3 is 2. The van der Waals surface area contributed by atoms with E-state index >= 15 is 0 Å². The molecule has 0 aliphatic heterocycles. The van der Waals surface area contributed by atoms with Gasteiger partial charge in [-0.15, -0.1) is 0 Å². The number of pyridine rings is 1. The molecule has 0 aliphatic rings. The van der Waals surface area contributed by atoms with E-state index < -0.39 is 16.1 Å². The van der Waals surface area contributed by atoms with E-state index in [-0.39, 0.29) is 22.7 Å². The minimum atomic E-state index is -4.21. The minimum Gasteiger partial charge on any atom is -0.481 e. The highest BCUT2D eigenvalue weighted by atomic mass is 32.2. The number of amides is 2. The lowest BCUT2D eigenvalue weighted by atomic mass is 10.4. The molecule has 12 heteroatoms. The number of urea groups is 1. The van der Waals surface area contributed by atoms with Crippen LogP contribution in [0.15, 0.2) is 41.8 Å². The van der Waals surface area contributed by atoms with Crippen LogP contribution in [0.4, 0.5) is 10.7 Å². The van der Waals surface area contributed by atoms with Gasteiger partial charge in [-0.05, 0) is 12.1 Å². The molecule has 3 aromatic heterocycles. The van der Waals surface area contributed by atoms with Crippen LogP contribution < -0.4 is 19.5 Å². The Morgan fingerprint density at radius 1 is 1.15 bits per heavy atom. The SMILES string of the molecule is COc1cc(OC)nc(NC(=O)NS(=O)(=O)c2ncn3ccccc23)n1. The Balaban J connectivity index is 1.81. The quantitative estimate of drug-likeness (QED) is 0.660. The van der Waals surface area contributed by atoms with E-state index in [1.54, 1.807) is 24.4 Å². The monoisotopic (exact) mass is 378 g/mol. The second-order valence-corrected chi connectivity index (χ2v) is 6.48. The summed E-state index contributed by atoms with van der Waals surface area (Å²) < 4.78 is 38.1. The van der Waals surface area contributed by atoms with Gasteiger partial charge in [-0.25, -0.2) is 14.5 Å². The van der Waals surface area contributed by atoms with Crippen LogP contribution in [0.1, 0.15) is 0 Å². The van der Waals surface area contributed by atoms with Crippen molar-refractivity contribution in [3.63, 3.8) is 0 Å². The maximum atomic E-state index is 12.4. The molecule has 0 saturated carbocycles. The van der Waals surface area contributed by atoms with Gasteiger partial charge in [-0.3, -0.25) is 5.32 Å². The highest BCUT2D eigenvalue weighted by Gasteiger charge is 2.23. The Morgan fingerprint density at radius 2 is 1.85 bits per heavy atom. The van der Waals surface area contributed by atoms with Gasteiger partial charge in [-0.2, -0.15) is 18.4 Å². The number of sulfonamides is 1. The van der Waals surface area contributed by atoms with Crippen molar-refractivity contribution >= 4 is 27.5 Å². The first-order valence-corrected chi connectivity index (χ1v) is 8.64. The Labute approximate surface area is 148 Å². The number of fused-ring (bicyclic) bond motifs is 1. The zero-order valence-corrected chi connectivity index (χ0v) is 14.5. The molecular formula is C14H14N6O5S. The fourth-order valence-electron chi connectivity index (χ4n) is 2.09. The third-order valence-corrected chi connectivity index (χ3v) is 4.49. The molecule has 0 aliphatic carbocycles. The summed E-state index contributed by atoms with van der Waals surface area (Å²) in [5.41, 5.74) is 0.326. The summed E-state index contributed by atoms with van der Waals surface area (Å²) in [6.07, 6.45) is 2.97. The van der Waals surface area contributed by atoms with E-state index in [9.17, 15) is 13.2 Å². The van der Waals surface area contributed by atoms with Gasteiger partial charge in [0, 0.05) is 6.20 Å². The lowest BCUT2D eigenvalue weighted by Crippen LogP contribution is -2.35. The van der Waals surface area contributed by atoms with Crippen molar-refractivity contribution in [3.05, 3.63) is 36.8 Å². The summed E-state index contributed by atoms with van der Waals surface area (Å²) in [5, 5.41) is 1.93. The molecule has 0 radical (unpaired) electrons. The summed E-state index contributed by atoms with van der Waals surface area (Å²) in [6, 6.07) is 5.29. The van der Waals surface area contributed by atoms with Gasteiger partial charge in [0.25, 0.3) is 10.0 Å². The number of ether oxygens (including phenoxy) is 2. The first-order valence-electron chi connectivity index (χ1n) is 7.15. The first kappa shape index (κ1) is 17.4. The van der Waals surface area contributed by atoms with Crippen LogP contribution in [0.25, 0.3) is 5.52 Å². The number of nitrogens with one attached hydrogen (secondary N) is 2. The normalized spacial score (nSPS) is 11.2. The van der Waals surface area contributed by atoms with Gasteiger partial charge in [-0.1, -0.05) is 6.07 Å². The smallest absolute Gasteiger partial charge is 0.335 e.